The molecule has 4 heterocycles. The maximum atomic E-state index is 15.5. The first-order valence-electron chi connectivity index (χ1n) is 12.2. The normalized spacial score (nSPS) is 18.4. The first-order valence-corrected chi connectivity index (χ1v) is 12.2. The van der Waals surface area contributed by atoms with Crippen molar-refractivity contribution in [2.45, 2.75) is 51.9 Å². The molecule has 0 saturated carbocycles. The zero-order valence-corrected chi connectivity index (χ0v) is 21.5. The quantitative estimate of drug-likeness (QED) is 0.442. The van der Waals surface area contributed by atoms with Gasteiger partial charge in [0, 0.05) is 30.9 Å². The number of alkyl halides is 1. The molecule has 194 valence electrons. The topological polar surface area (TPSA) is 107 Å². The minimum atomic E-state index is -1.47. The van der Waals surface area contributed by atoms with Crippen molar-refractivity contribution >= 4 is 39.8 Å². The number of amides is 1. The number of aryl methyl sites for hydroxylation is 2. The van der Waals surface area contributed by atoms with Gasteiger partial charge in [-0.25, -0.2) is 19.0 Å². The molecule has 2 atom stereocenters. The van der Waals surface area contributed by atoms with Crippen LogP contribution >= 0.6 is 0 Å². The second-order valence-electron chi connectivity index (χ2n) is 10.4. The average molecular weight is 508 g/mol. The number of benzene rings is 1. The Morgan fingerprint density at radius 1 is 1.24 bits per heavy atom. The summed E-state index contributed by atoms with van der Waals surface area (Å²) in [6, 6.07) is 7.00. The molecule has 1 aliphatic rings. The number of halogens is 1. The highest BCUT2D eigenvalue weighted by Crippen LogP contribution is 2.29. The van der Waals surface area contributed by atoms with E-state index in [1.807, 2.05) is 31.2 Å². The third-order valence-corrected chi connectivity index (χ3v) is 6.52. The van der Waals surface area contributed by atoms with Crippen molar-refractivity contribution in [1.29, 1.82) is 0 Å². The van der Waals surface area contributed by atoms with Gasteiger partial charge in [0.15, 0.2) is 5.65 Å². The first kappa shape index (κ1) is 24.7. The van der Waals surface area contributed by atoms with E-state index in [1.165, 1.54) is 14.0 Å². The van der Waals surface area contributed by atoms with Gasteiger partial charge in [-0.2, -0.15) is 4.98 Å². The van der Waals surface area contributed by atoms with E-state index in [1.54, 1.807) is 40.2 Å². The molecule has 1 aliphatic heterocycles. The van der Waals surface area contributed by atoms with Gasteiger partial charge >= 0.3 is 11.8 Å². The smallest absolute Gasteiger partial charge is 0.410 e. The SMILES string of the molecule is Cc1cc2ncccc2cc1Nc1ncc2c(n1)n([C@@H]1CCN(C(=O)OC(C)(C)C)C[C@@H]1F)c(=O)n2C. The van der Waals surface area contributed by atoms with Crippen LogP contribution in [-0.4, -0.2) is 59.9 Å². The summed E-state index contributed by atoms with van der Waals surface area (Å²) in [6.07, 6.45) is 1.53. The number of fused-ring (bicyclic) bond motifs is 2. The third kappa shape index (κ3) is 4.73. The van der Waals surface area contributed by atoms with E-state index in [9.17, 15) is 9.59 Å². The molecule has 0 spiro atoms. The van der Waals surface area contributed by atoms with Crippen molar-refractivity contribution in [3.63, 3.8) is 0 Å². The number of aromatic nitrogens is 5. The number of nitrogens with zero attached hydrogens (tertiary/aromatic N) is 6. The molecule has 0 unspecified atom stereocenters. The zero-order chi connectivity index (χ0) is 26.5. The van der Waals surface area contributed by atoms with Crippen LogP contribution < -0.4 is 11.0 Å². The van der Waals surface area contributed by atoms with Crippen LogP contribution in [0.3, 0.4) is 0 Å². The van der Waals surface area contributed by atoms with Crippen molar-refractivity contribution < 1.29 is 13.9 Å². The number of hydrogen-bond acceptors (Lipinski definition) is 7. The lowest BCUT2D eigenvalue weighted by atomic mass is 10.0. The van der Waals surface area contributed by atoms with Gasteiger partial charge < -0.3 is 15.0 Å². The molecule has 1 aromatic carbocycles. The van der Waals surface area contributed by atoms with Gasteiger partial charge in [-0.15, -0.1) is 0 Å². The van der Waals surface area contributed by atoms with E-state index in [4.69, 9.17) is 4.74 Å². The molecule has 1 saturated heterocycles. The van der Waals surface area contributed by atoms with E-state index in [-0.39, 0.29) is 25.2 Å². The molecule has 1 fully saturated rings. The molecule has 3 aromatic heterocycles. The van der Waals surface area contributed by atoms with Crippen LogP contribution in [0.5, 0.6) is 0 Å². The number of anilines is 2. The van der Waals surface area contributed by atoms with Crippen LogP contribution in [0.15, 0.2) is 41.5 Å². The van der Waals surface area contributed by atoms with E-state index in [2.05, 4.69) is 20.3 Å². The molecule has 0 bridgehead atoms. The van der Waals surface area contributed by atoms with E-state index < -0.39 is 23.9 Å². The predicted octanol–water partition coefficient (Wildman–Crippen LogP) is 4.25. The first-order chi connectivity index (χ1) is 17.5. The second kappa shape index (κ2) is 9.13. The number of hydrogen-bond donors (Lipinski definition) is 1. The van der Waals surface area contributed by atoms with Gasteiger partial charge in [0.1, 0.15) is 17.3 Å². The molecular weight excluding hydrogens is 477 g/mol. The summed E-state index contributed by atoms with van der Waals surface area (Å²) in [7, 11) is 1.61. The standard InChI is InChI=1S/C26H30FN7O3/c1-15-11-19-16(7-6-9-28-19)12-18(15)30-23-29-13-21-22(31-23)34(24(35)32(21)5)20-8-10-33(14-17(20)27)25(36)37-26(2,3)4/h6-7,9,11-13,17,20H,8,10,14H2,1-5H3,(H,29,30,31)/t17-,20+/m0/s1. The number of rotatable bonds is 3. The molecule has 10 nitrogen and oxygen atoms in total. The summed E-state index contributed by atoms with van der Waals surface area (Å²) in [6.45, 7) is 7.36. The average Bonchev–Trinajstić information content (AvgIpc) is 3.08. The van der Waals surface area contributed by atoms with E-state index in [0.717, 1.165) is 22.2 Å². The second-order valence-corrected chi connectivity index (χ2v) is 10.4. The Bertz CT molecular complexity index is 1560. The molecule has 4 aromatic rings. The largest absolute Gasteiger partial charge is 0.444 e. The molecule has 5 rings (SSSR count). The minimum absolute atomic E-state index is 0.164. The number of pyridine rings is 1. The van der Waals surface area contributed by atoms with Crippen LogP contribution in [-0.2, 0) is 11.8 Å². The summed E-state index contributed by atoms with van der Waals surface area (Å²) in [5, 5.41) is 4.20. The molecular formula is C26H30FN7O3. The Hall–Kier alpha value is -4.02. The summed E-state index contributed by atoms with van der Waals surface area (Å²) < 4.78 is 23.6. The summed E-state index contributed by atoms with van der Waals surface area (Å²) >= 11 is 0. The van der Waals surface area contributed by atoms with Crippen molar-refractivity contribution in [3.05, 3.63) is 52.7 Å². The fraction of sp³-hybridized carbons (Fsp3) is 0.423. The van der Waals surface area contributed by atoms with E-state index >= 15 is 4.39 Å². The Labute approximate surface area is 213 Å². The lowest BCUT2D eigenvalue weighted by molar-refractivity contribution is 0.00675. The fourth-order valence-electron chi connectivity index (χ4n) is 4.65. The van der Waals surface area contributed by atoms with Gasteiger partial charge in [-0.05, 0) is 57.9 Å². The fourth-order valence-corrected chi connectivity index (χ4v) is 4.65. The summed E-state index contributed by atoms with van der Waals surface area (Å²) in [5.41, 5.74) is 2.42. The molecule has 0 aliphatic carbocycles. The number of likely N-dealkylation sites (tertiary alicyclic amines) is 1. The van der Waals surface area contributed by atoms with Gasteiger partial charge in [-0.1, -0.05) is 6.07 Å². The number of nitrogens with one attached hydrogen (secondary N) is 1. The minimum Gasteiger partial charge on any atom is -0.444 e. The van der Waals surface area contributed by atoms with Gasteiger partial charge in [0.05, 0.1) is 24.3 Å². The van der Waals surface area contributed by atoms with Crippen molar-refractivity contribution in [2.24, 2.45) is 7.05 Å². The van der Waals surface area contributed by atoms with Gasteiger partial charge in [0.25, 0.3) is 0 Å². The molecule has 37 heavy (non-hydrogen) atoms. The number of ether oxygens (including phenoxy) is 1. The number of carbonyl (C=O) groups excluding carboxylic acids is 1. The highest BCUT2D eigenvalue weighted by molar-refractivity contribution is 5.85. The maximum Gasteiger partial charge on any atom is 0.410 e. The zero-order valence-electron chi connectivity index (χ0n) is 21.5. The molecule has 1 N–H and O–H groups in total. The third-order valence-electron chi connectivity index (χ3n) is 6.52. The lowest BCUT2D eigenvalue weighted by Crippen LogP contribution is -2.48. The highest BCUT2D eigenvalue weighted by atomic mass is 19.1. The highest BCUT2D eigenvalue weighted by Gasteiger charge is 2.36. The van der Waals surface area contributed by atoms with Crippen LogP contribution in [0.4, 0.5) is 20.8 Å². The summed E-state index contributed by atoms with van der Waals surface area (Å²) in [5.74, 6) is 0.291. The molecule has 0 radical (unpaired) electrons. The number of carbonyl (C=O) groups is 1. The monoisotopic (exact) mass is 507 g/mol. The van der Waals surface area contributed by atoms with Crippen molar-refractivity contribution in [1.82, 2.24) is 29.0 Å². The Morgan fingerprint density at radius 3 is 2.76 bits per heavy atom. The van der Waals surface area contributed by atoms with E-state index in [0.29, 0.717) is 17.1 Å². The van der Waals surface area contributed by atoms with Crippen LogP contribution in [0.25, 0.3) is 22.1 Å². The summed E-state index contributed by atoms with van der Waals surface area (Å²) in [4.78, 5) is 40.4. The number of imidazole rings is 1. The van der Waals surface area contributed by atoms with Gasteiger partial charge in [0.2, 0.25) is 5.95 Å². The van der Waals surface area contributed by atoms with Crippen molar-refractivity contribution in [3.8, 4) is 0 Å². The maximum absolute atomic E-state index is 15.5. The lowest BCUT2D eigenvalue weighted by Gasteiger charge is -2.35. The Balaban J connectivity index is 1.45. The van der Waals surface area contributed by atoms with Gasteiger partial charge in [-0.3, -0.25) is 14.1 Å². The number of piperidine rings is 1. The Kier molecular flexibility index (Phi) is 6.09. The van der Waals surface area contributed by atoms with Crippen LogP contribution in [0.2, 0.25) is 0 Å². The predicted molar refractivity (Wildman–Crippen MR) is 139 cm³/mol. The van der Waals surface area contributed by atoms with Crippen LogP contribution in [0.1, 0.15) is 38.8 Å². The van der Waals surface area contributed by atoms with Crippen LogP contribution in [0, 0.1) is 6.92 Å². The molecule has 11 heteroatoms. The van der Waals surface area contributed by atoms with Crippen molar-refractivity contribution in [2.75, 3.05) is 18.4 Å². The Morgan fingerprint density at radius 2 is 2.03 bits per heavy atom. The molecule has 1 amide bonds.